The van der Waals surface area contributed by atoms with Crippen molar-refractivity contribution in [3.05, 3.63) is 0 Å². The summed E-state index contributed by atoms with van der Waals surface area (Å²) in [5.74, 6) is 1.39. The number of unbranched alkanes of at least 4 members (excludes halogenated alkanes) is 2. The summed E-state index contributed by atoms with van der Waals surface area (Å²) in [4.78, 5) is 0. The first-order valence-corrected chi connectivity index (χ1v) is 9.00. The van der Waals surface area contributed by atoms with E-state index in [1.165, 1.54) is 70.2 Å². The summed E-state index contributed by atoms with van der Waals surface area (Å²) in [5.41, 5.74) is 0. The van der Waals surface area contributed by atoms with E-state index in [1.807, 2.05) is 0 Å². The summed E-state index contributed by atoms with van der Waals surface area (Å²) >= 11 is 0. The highest BCUT2D eigenvalue weighted by Gasteiger charge is 2.45. The van der Waals surface area contributed by atoms with Crippen LogP contribution in [0.5, 0.6) is 0 Å². The van der Waals surface area contributed by atoms with E-state index in [-0.39, 0.29) is 12.4 Å². The van der Waals surface area contributed by atoms with Crippen LogP contribution in [-0.4, -0.2) is 34.7 Å². The van der Waals surface area contributed by atoms with Crippen LogP contribution in [0.15, 0.2) is 0 Å². The molecule has 0 radical (unpaired) electrons. The van der Waals surface area contributed by atoms with E-state index in [1.54, 1.807) is 0 Å². The fourth-order valence-corrected chi connectivity index (χ4v) is 4.42. The summed E-state index contributed by atoms with van der Waals surface area (Å²) in [6.07, 6.45) is 13.6. The van der Waals surface area contributed by atoms with Crippen molar-refractivity contribution in [2.24, 2.45) is 0 Å². The van der Waals surface area contributed by atoms with Gasteiger partial charge in [0.15, 0.2) is 0 Å². The van der Waals surface area contributed by atoms with Gasteiger partial charge in [-0.3, -0.25) is 15.2 Å². The number of nitrogens with one attached hydrogen (secondary N) is 2. The Balaban J connectivity index is 0.00000161. The molecule has 0 aromatic carbocycles. The fourth-order valence-electron chi connectivity index (χ4n) is 4.42. The molecule has 1 fully saturated rings. The van der Waals surface area contributed by atoms with Crippen LogP contribution in [0.25, 0.3) is 0 Å². The molecule has 1 saturated heterocycles. The molecule has 3 nitrogen and oxygen atoms in total. The minimum atomic E-state index is 0. The maximum Gasteiger partial charge on any atom is 0.346 e. The Kier molecular flexibility index (Phi) is 6.21. The third-order valence-electron chi connectivity index (χ3n) is 5.49. The van der Waals surface area contributed by atoms with E-state index in [9.17, 15) is 0 Å². The Labute approximate surface area is 136 Å². The highest BCUT2D eigenvalue weighted by molar-refractivity contribution is 5.76. The van der Waals surface area contributed by atoms with Crippen LogP contribution in [0.2, 0.25) is 0 Å². The van der Waals surface area contributed by atoms with Crippen LogP contribution < -0.4 is 23.0 Å². The van der Waals surface area contributed by atoms with Gasteiger partial charge in [-0.2, -0.15) is 0 Å². The summed E-state index contributed by atoms with van der Waals surface area (Å²) in [5, 5.41) is 7.66. The van der Waals surface area contributed by atoms with Crippen LogP contribution in [0.1, 0.15) is 78.1 Å². The molecule has 3 aliphatic rings. The first-order chi connectivity index (χ1) is 9.81. The normalized spacial score (nSPS) is 33.8. The van der Waals surface area contributed by atoms with Crippen LogP contribution in [0.3, 0.4) is 0 Å². The molecule has 3 heterocycles. The molecule has 4 atom stereocenters. The summed E-state index contributed by atoms with van der Waals surface area (Å²) in [6, 6.07) is 3.06. The van der Waals surface area contributed by atoms with Crippen molar-refractivity contribution in [1.29, 1.82) is 0 Å². The van der Waals surface area contributed by atoms with Gasteiger partial charge >= 0.3 is 5.96 Å². The zero-order chi connectivity index (χ0) is 13.9. The monoisotopic (exact) mass is 313 g/mol. The number of hydrogen-bond acceptors (Lipinski definition) is 2. The molecule has 4 heteroatoms. The standard InChI is InChI=1S/C17H31N3.ClH/c1-3-5-7-13-11-15-9-10-16-12-14(8-6-4-2)19-17(18-13)20(15)16;/h13-16H,3-12H2,1-2H3,(H,18,19);1H/t13-,14+,15+,16-;. The van der Waals surface area contributed by atoms with Crippen molar-refractivity contribution in [2.75, 3.05) is 0 Å². The number of hydrogen-bond donors (Lipinski definition) is 2. The predicted octanol–water partition coefficient (Wildman–Crippen LogP) is -0.00590. The van der Waals surface area contributed by atoms with Gasteiger partial charge in [0.1, 0.15) is 0 Å². The molecule has 0 amide bonds. The van der Waals surface area contributed by atoms with E-state index in [4.69, 9.17) is 0 Å². The Hall–Kier alpha value is -0.440. The minimum absolute atomic E-state index is 0. The molecule has 0 unspecified atom stereocenters. The number of rotatable bonds is 6. The molecular weight excluding hydrogens is 282 g/mol. The molecule has 2 N–H and O–H groups in total. The van der Waals surface area contributed by atoms with E-state index in [0.29, 0.717) is 12.1 Å². The lowest BCUT2D eigenvalue weighted by molar-refractivity contribution is -0.593. The maximum absolute atomic E-state index is 3.83. The molecular formula is C17H32ClN3. The average molecular weight is 314 g/mol. The third-order valence-corrected chi connectivity index (χ3v) is 5.49. The van der Waals surface area contributed by atoms with Gasteiger partial charge in [-0.1, -0.05) is 39.5 Å². The van der Waals surface area contributed by atoms with Gasteiger partial charge < -0.3 is 12.4 Å². The molecule has 0 bridgehead atoms. The lowest BCUT2D eigenvalue weighted by atomic mass is 9.98. The molecule has 0 spiro atoms. The summed E-state index contributed by atoms with van der Waals surface area (Å²) < 4.78 is 2.70. The predicted molar refractivity (Wildman–Crippen MR) is 84.2 cm³/mol. The van der Waals surface area contributed by atoms with Crippen molar-refractivity contribution >= 4 is 5.96 Å². The number of nitrogens with zero attached hydrogens (tertiary/aromatic N) is 1. The SMILES string of the molecule is CCCC[C@@H]1C[C@@H]2CC[C@@H]3C[C@H](CCCC)NC(=[N+]32)N1.[Cl-]. The first kappa shape index (κ1) is 16.9. The molecule has 21 heavy (non-hydrogen) atoms. The molecule has 122 valence electrons. The zero-order valence-electron chi connectivity index (χ0n) is 13.7. The zero-order valence-corrected chi connectivity index (χ0v) is 14.5. The van der Waals surface area contributed by atoms with Gasteiger partial charge in [0, 0.05) is 12.8 Å². The highest BCUT2D eigenvalue weighted by Crippen LogP contribution is 2.32. The first-order valence-electron chi connectivity index (χ1n) is 9.00. The van der Waals surface area contributed by atoms with E-state index in [0.717, 1.165) is 12.1 Å². The third kappa shape index (κ3) is 3.67. The Morgan fingerprint density at radius 2 is 1.38 bits per heavy atom. The van der Waals surface area contributed by atoms with Crippen LogP contribution in [0.4, 0.5) is 0 Å². The van der Waals surface area contributed by atoms with Crippen molar-refractivity contribution in [3.8, 4) is 0 Å². The van der Waals surface area contributed by atoms with Crippen molar-refractivity contribution in [2.45, 2.75) is 102 Å². The van der Waals surface area contributed by atoms with Gasteiger partial charge in [-0.15, -0.1) is 0 Å². The minimum Gasteiger partial charge on any atom is -1.00 e. The fraction of sp³-hybridized carbons (Fsp3) is 0.941. The largest absolute Gasteiger partial charge is 1.00 e. The van der Waals surface area contributed by atoms with Gasteiger partial charge in [0.2, 0.25) is 0 Å². The lowest BCUT2D eigenvalue weighted by Crippen LogP contribution is -3.00. The maximum atomic E-state index is 3.83. The molecule has 0 aromatic rings. The van der Waals surface area contributed by atoms with Gasteiger partial charge in [0.25, 0.3) is 0 Å². The van der Waals surface area contributed by atoms with Crippen LogP contribution in [0, 0.1) is 0 Å². The molecule has 0 aromatic heterocycles. The summed E-state index contributed by atoms with van der Waals surface area (Å²) in [6.45, 7) is 4.60. The second-order valence-corrected chi connectivity index (χ2v) is 7.08. The summed E-state index contributed by atoms with van der Waals surface area (Å²) in [7, 11) is 0. The highest BCUT2D eigenvalue weighted by atomic mass is 35.5. The average Bonchev–Trinajstić information content (AvgIpc) is 2.87. The van der Waals surface area contributed by atoms with Crippen molar-refractivity contribution in [3.63, 3.8) is 0 Å². The lowest BCUT2D eigenvalue weighted by Gasteiger charge is -2.36. The van der Waals surface area contributed by atoms with E-state index >= 15 is 0 Å². The molecule has 3 rings (SSSR count). The Morgan fingerprint density at radius 3 is 1.81 bits per heavy atom. The molecule has 0 aliphatic carbocycles. The molecule has 3 aliphatic heterocycles. The Morgan fingerprint density at radius 1 is 0.905 bits per heavy atom. The van der Waals surface area contributed by atoms with Gasteiger partial charge in [-0.05, 0) is 25.7 Å². The number of guanidine groups is 1. The van der Waals surface area contributed by atoms with Crippen molar-refractivity contribution < 1.29 is 17.0 Å². The van der Waals surface area contributed by atoms with Crippen molar-refractivity contribution in [1.82, 2.24) is 10.6 Å². The van der Waals surface area contributed by atoms with Gasteiger partial charge in [-0.25, -0.2) is 0 Å². The second kappa shape index (κ2) is 7.71. The number of halogens is 1. The Bertz CT molecular complexity index is 337. The quantitative estimate of drug-likeness (QED) is 0.675. The molecule has 0 saturated carbocycles. The van der Waals surface area contributed by atoms with E-state index < -0.39 is 0 Å². The van der Waals surface area contributed by atoms with Gasteiger partial charge in [0.05, 0.1) is 24.2 Å². The van der Waals surface area contributed by atoms with E-state index in [2.05, 4.69) is 29.1 Å². The topological polar surface area (TPSA) is 27.1 Å². The van der Waals surface area contributed by atoms with Crippen LogP contribution >= 0.6 is 0 Å². The van der Waals surface area contributed by atoms with Crippen LogP contribution in [-0.2, 0) is 0 Å². The smallest absolute Gasteiger partial charge is 0.346 e. The second-order valence-electron chi connectivity index (χ2n) is 7.08.